The topological polar surface area (TPSA) is 79.7 Å². The molecule has 0 saturated carbocycles. The highest BCUT2D eigenvalue weighted by Gasteiger charge is 2.48. The van der Waals surface area contributed by atoms with Crippen molar-refractivity contribution in [1.82, 2.24) is 4.98 Å². The number of hydrogen-bond acceptors (Lipinski definition) is 6. The first-order valence-corrected chi connectivity index (χ1v) is 14.3. The molecule has 0 aliphatic carbocycles. The number of benzene rings is 3. The zero-order valence-corrected chi connectivity index (χ0v) is 24.3. The Morgan fingerprint density at radius 2 is 1.77 bits per heavy atom. The Balaban J connectivity index is 1.54. The van der Waals surface area contributed by atoms with Crippen LogP contribution in [0, 0.1) is 13.8 Å². The highest BCUT2D eigenvalue weighted by molar-refractivity contribution is 7.22. The molecule has 6 rings (SSSR count). The first-order valence-electron chi connectivity index (χ1n) is 13.5. The molecule has 1 aromatic heterocycles. The van der Waals surface area contributed by atoms with Crippen LogP contribution in [0.5, 0.6) is 5.75 Å². The standard InChI is InChI=1S/C33H32N2O4S/c1-17-13-18(2)27-25(14-17)40-32(34-27)35-28(20-7-10-23(11-8-20)33(4,5)6)26(30(37)31(35)38)29(36)21-9-12-24-22(16-21)15-19(3)39-24/h7-14,16,19,28,36H,15H2,1-6H3/b29-26+/t19-,28-/m1/s1. The molecule has 0 bridgehead atoms. The largest absolute Gasteiger partial charge is 0.507 e. The van der Waals surface area contributed by atoms with Gasteiger partial charge in [0.15, 0.2) is 5.13 Å². The molecular weight excluding hydrogens is 520 g/mol. The average Bonchev–Trinajstić information content (AvgIpc) is 3.56. The van der Waals surface area contributed by atoms with E-state index in [9.17, 15) is 14.7 Å². The number of Topliss-reactive ketones (excluding diaryl/α,β-unsaturated/α-hetero) is 1. The predicted molar refractivity (Wildman–Crippen MR) is 159 cm³/mol. The van der Waals surface area contributed by atoms with E-state index < -0.39 is 17.7 Å². The smallest absolute Gasteiger partial charge is 0.301 e. The van der Waals surface area contributed by atoms with E-state index in [4.69, 9.17) is 9.72 Å². The molecule has 0 spiro atoms. The molecule has 3 aromatic carbocycles. The summed E-state index contributed by atoms with van der Waals surface area (Å²) in [6.45, 7) is 12.4. The van der Waals surface area contributed by atoms with E-state index in [1.165, 1.54) is 16.2 Å². The lowest BCUT2D eigenvalue weighted by atomic mass is 9.85. The van der Waals surface area contributed by atoms with Crippen LogP contribution in [0.2, 0.25) is 0 Å². The second-order valence-corrected chi connectivity index (χ2v) is 12.9. The van der Waals surface area contributed by atoms with Crippen molar-refractivity contribution < 1.29 is 19.4 Å². The Hall–Kier alpha value is -3.97. The monoisotopic (exact) mass is 552 g/mol. The molecule has 7 heteroatoms. The van der Waals surface area contributed by atoms with Crippen molar-refractivity contribution in [3.8, 4) is 5.75 Å². The minimum Gasteiger partial charge on any atom is -0.507 e. The van der Waals surface area contributed by atoms with Crippen LogP contribution in [0.3, 0.4) is 0 Å². The van der Waals surface area contributed by atoms with Crippen molar-refractivity contribution >= 4 is 44.1 Å². The summed E-state index contributed by atoms with van der Waals surface area (Å²) in [7, 11) is 0. The Bertz CT molecular complexity index is 1730. The van der Waals surface area contributed by atoms with Crippen LogP contribution < -0.4 is 9.64 Å². The van der Waals surface area contributed by atoms with Gasteiger partial charge in [0, 0.05) is 12.0 Å². The molecule has 40 heavy (non-hydrogen) atoms. The summed E-state index contributed by atoms with van der Waals surface area (Å²) in [4.78, 5) is 33.7. The molecule has 0 radical (unpaired) electrons. The second-order valence-electron chi connectivity index (χ2n) is 11.9. The Morgan fingerprint density at radius 3 is 2.48 bits per heavy atom. The molecule has 6 nitrogen and oxygen atoms in total. The van der Waals surface area contributed by atoms with Gasteiger partial charge < -0.3 is 9.84 Å². The molecule has 204 valence electrons. The minimum absolute atomic E-state index is 0.0467. The van der Waals surface area contributed by atoms with Crippen LogP contribution in [0.4, 0.5) is 5.13 Å². The van der Waals surface area contributed by atoms with Gasteiger partial charge in [0.25, 0.3) is 5.78 Å². The number of carbonyl (C=O) groups excluding carboxylic acids is 2. The quantitative estimate of drug-likeness (QED) is 0.166. The van der Waals surface area contributed by atoms with Crippen molar-refractivity contribution in [3.05, 3.63) is 93.6 Å². The molecule has 0 unspecified atom stereocenters. The van der Waals surface area contributed by atoms with Gasteiger partial charge in [0.1, 0.15) is 17.6 Å². The van der Waals surface area contributed by atoms with Crippen LogP contribution in [0.15, 0.2) is 60.2 Å². The molecule has 1 fully saturated rings. The van der Waals surface area contributed by atoms with Crippen molar-refractivity contribution in [2.45, 2.75) is 65.5 Å². The highest BCUT2D eigenvalue weighted by atomic mass is 32.1. The van der Waals surface area contributed by atoms with Gasteiger partial charge in [-0.2, -0.15) is 0 Å². The van der Waals surface area contributed by atoms with Crippen molar-refractivity contribution in [3.63, 3.8) is 0 Å². The Kier molecular flexibility index (Phi) is 6.11. The highest BCUT2D eigenvalue weighted by Crippen LogP contribution is 2.45. The average molecular weight is 553 g/mol. The maximum atomic E-state index is 13.7. The van der Waals surface area contributed by atoms with Gasteiger partial charge in [-0.25, -0.2) is 4.98 Å². The van der Waals surface area contributed by atoms with Crippen LogP contribution in [0.1, 0.15) is 67.1 Å². The number of aryl methyl sites for hydroxylation is 2. The molecule has 1 saturated heterocycles. The summed E-state index contributed by atoms with van der Waals surface area (Å²) in [5, 5.41) is 12.1. The number of ether oxygens (including phenoxy) is 1. The predicted octanol–water partition coefficient (Wildman–Crippen LogP) is 7.16. The lowest BCUT2D eigenvalue weighted by Crippen LogP contribution is -2.29. The van der Waals surface area contributed by atoms with E-state index in [-0.39, 0.29) is 22.9 Å². The maximum absolute atomic E-state index is 13.7. The van der Waals surface area contributed by atoms with E-state index in [0.717, 1.165) is 43.8 Å². The van der Waals surface area contributed by atoms with Gasteiger partial charge in [0.05, 0.1) is 21.8 Å². The van der Waals surface area contributed by atoms with Crippen LogP contribution in [-0.2, 0) is 21.4 Å². The number of fused-ring (bicyclic) bond motifs is 2. The van der Waals surface area contributed by atoms with E-state index in [2.05, 4.69) is 26.8 Å². The number of nitrogens with zero attached hydrogens (tertiary/aromatic N) is 2. The molecule has 2 aliphatic rings. The number of aliphatic hydroxyl groups excluding tert-OH is 1. The number of rotatable bonds is 3. The summed E-state index contributed by atoms with van der Waals surface area (Å²) in [6, 6.07) is 16.6. The fourth-order valence-corrected chi connectivity index (χ4v) is 6.87. The number of thiazole rings is 1. The van der Waals surface area contributed by atoms with Gasteiger partial charge in [-0.15, -0.1) is 0 Å². The molecule has 1 amide bonds. The van der Waals surface area contributed by atoms with Gasteiger partial charge in [-0.1, -0.05) is 62.4 Å². The lowest BCUT2D eigenvalue weighted by molar-refractivity contribution is -0.132. The van der Waals surface area contributed by atoms with Crippen molar-refractivity contribution in [2.24, 2.45) is 0 Å². The molecular formula is C33H32N2O4S. The third-order valence-electron chi connectivity index (χ3n) is 7.73. The van der Waals surface area contributed by atoms with Gasteiger partial charge >= 0.3 is 5.91 Å². The summed E-state index contributed by atoms with van der Waals surface area (Å²) >= 11 is 1.38. The number of hydrogen-bond donors (Lipinski definition) is 1. The SMILES string of the molecule is Cc1cc(C)c2nc(N3C(=O)C(=O)/C(=C(/O)c4ccc5c(c4)C[C@@H](C)O5)[C@H]3c3ccc(C(C)(C)C)cc3)sc2c1. The third kappa shape index (κ3) is 4.29. The first kappa shape index (κ1) is 26.3. The van der Waals surface area contributed by atoms with Gasteiger partial charge in [0.2, 0.25) is 0 Å². The Labute approximate surface area is 237 Å². The molecule has 1 N–H and O–H groups in total. The van der Waals surface area contributed by atoms with E-state index in [1.807, 2.05) is 63.2 Å². The Morgan fingerprint density at radius 1 is 1.05 bits per heavy atom. The number of ketones is 1. The number of aromatic nitrogens is 1. The summed E-state index contributed by atoms with van der Waals surface area (Å²) in [6.07, 6.45) is 0.762. The van der Waals surface area contributed by atoms with Crippen molar-refractivity contribution in [2.75, 3.05) is 4.90 Å². The zero-order chi connectivity index (χ0) is 28.5. The molecule has 2 atom stereocenters. The maximum Gasteiger partial charge on any atom is 0.301 e. The van der Waals surface area contributed by atoms with E-state index >= 15 is 0 Å². The fourth-order valence-electron chi connectivity index (χ4n) is 5.70. The zero-order valence-electron chi connectivity index (χ0n) is 23.5. The van der Waals surface area contributed by atoms with Gasteiger partial charge in [-0.3, -0.25) is 14.5 Å². The number of anilines is 1. The second kappa shape index (κ2) is 9.30. The molecule has 4 aromatic rings. The number of aliphatic hydroxyl groups is 1. The van der Waals surface area contributed by atoms with E-state index in [1.54, 1.807) is 6.07 Å². The number of amides is 1. The van der Waals surface area contributed by atoms with Crippen LogP contribution in [-0.4, -0.2) is 27.9 Å². The molecule has 2 aliphatic heterocycles. The summed E-state index contributed by atoms with van der Waals surface area (Å²) in [5.74, 6) is -0.835. The third-order valence-corrected chi connectivity index (χ3v) is 8.73. The summed E-state index contributed by atoms with van der Waals surface area (Å²) < 4.78 is 6.77. The van der Waals surface area contributed by atoms with Crippen LogP contribution >= 0.6 is 11.3 Å². The van der Waals surface area contributed by atoms with Crippen molar-refractivity contribution in [1.29, 1.82) is 0 Å². The van der Waals surface area contributed by atoms with Gasteiger partial charge in [-0.05, 0) is 78.3 Å². The first-order chi connectivity index (χ1) is 18.9. The molecule has 3 heterocycles. The minimum atomic E-state index is -0.820. The summed E-state index contributed by atoms with van der Waals surface area (Å²) in [5.41, 5.74) is 6.24. The lowest BCUT2D eigenvalue weighted by Gasteiger charge is -2.24. The van der Waals surface area contributed by atoms with Crippen LogP contribution in [0.25, 0.3) is 16.0 Å². The normalized spacial score (nSPS) is 20.3. The number of carbonyl (C=O) groups is 2. The fraction of sp³-hybridized carbons (Fsp3) is 0.303. The van der Waals surface area contributed by atoms with E-state index in [0.29, 0.717) is 17.1 Å².